The fourth-order valence-electron chi connectivity index (χ4n) is 0.547. The number of unbranched alkanes of at least 4 members (excludes halogenated alkanes) is 1. The van der Waals surface area contributed by atoms with E-state index in [0.717, 1.165) is 19.1 Å². The highest BCUT2D eigenvalue weighted by atomic mass is 16.5. The molecule has 0 aromatic heterocycles. The highest BCUT2D eigenvalue weighted by molar-refractivity contribution is 4.71. The van der Waals surface area contributed by atoms with Gasteiger partial charge in [-0.2, -0.15) is 0 Å². The zero-order chi connectivity index (χ0) is 11.8. The Labute approximate surface area is 91.1 Å². The molecule has 0 heterocycles. The topological polar surface area (TPSA) is 58.9 Å². The molecule has 4 heteroatoms. The second kappa shape index (κ2) is 18.4. The highest BCUT2D eigenvalue weighted by Crippen LogP contribution is 1.87. The van der Waals surface area contributed by atoms with E-state index in [1.54, 1.807) is 0 Å². The van der Waals surface area contributed by atoms with E-state index in [1.165, 1.54) is 18.6 Å². The average Bonchev–Trinajstić information content (AvgIpc) is 2.26. The Morgan fingerprint density at radius 2 is 1.73 bits per heavy atom. The summed E-state index contributed by atoms with van der Waals surface area (Å²) in [5.41, 5.74) is 0. The molecule has 0 fully saturated rings. The van der Waals surface area contributed by atoms with Gasteiger partial charge >= 0.3 is 0 Å². The van der Waals surface area contributed by atoms with Crippen LogP contribution in [0.1, 0.15) is 12.8 Å². The number of ether oxygens (including phenoxy) is 2. The van der Waals surface area contributed by atoms with E-state index in [9.17, 15) is 0 Å². The van der Waals surface area contributed by atoms with Gasteiger partial charge in [0.2, 0.25) is 0 Å². The maximum Gasteiger partial charge on any atom is 0.109 e. The van der Waals surface area contributed by atoms with Crippen molar-refractivity contribution in [2.24, 2.45) is 0 Å². The molecule has 0 saturated carbocycles. The molecule has 88 valence electrons. The van der Waals surface area contributed by atoms with E-state index in [2.05, 4.69) is 17.9 Å². The molecule has 4 nitrogen and oxygen atoms in total. The van der Waals surface area contributed by atoms with Gasteiger partial charge in [-0.15, -0.1) is 0 Å². The van der Waals surface area contributed by atoms with Gasteiger partial charge in [-0.3, -0.25) is 0 Å². The maximum atomic E-state index is 8.28. The number of rotatable bonds is 8. The lowest BCUT2D eigenvalue weighted by atomic mass is 10.3. The second-order valence-electron chi connectivity index (χ2n) is 2.35. The third-order valence-electron chi connectivity index (χ3n) is 1.20. The molecular weight excluding hydrogens is 196 g/mol. The minimum Gasteiger partial charge on any atom is -0.516 e. The number of aliphatic hydroxyl groups excluding tert-OH is 2. The summed E-state index contributed by atoms with van der Waals surface area (Å²) >= 11 is 0. The summed E-state index contributed by atoms with van der Waals surface area (Å²) in [6.45, 7) is 7.98. The van der Waals surface area contributed by atoms with Crippen molar-refractivity contribution in [3.63, 3.8) is 0 Å². The van der Waals surface area contributed by atoms with E-state index in [0.29, 0.717) is 13.2 Å². The molecule has 0 amide bonds. The van der Waals surface area contributed by atoms with Gasteiger partial charge < -0.3 is 19.7 Å². The predicted octanol–water partition coefficient (Wildman–Crippen LogP) is 2.14. The zero-order valence-electron chi connectivity index (χ0n) is 8.97. The van der Waals surface area contributed by atoms with Gasteiger partial charge in [0.25, 0.3) is 0 Å². The standard InChI is InChI=1S/C6H12O2.C5H8O2/c1-2-8-6-4-3-5-7;1-2-7-5-3-4-6/h2,7H,1,3-6H2;2-4,6H,1,5H2. The molecule has 15 heavy (non-hydrogen) atoms. The van der Waals surface area contributed by atoms with Crippen LogP contribution in [0.2, 0.25) is 0 Å². The van der Waals surface area contributed by atoms with Crippen molar-refractivity contribution in [2.75, 3.05) is 19.8 Å². The highest BCUT2D eigenvalue weighted by Gasteiger charge is 1.82. The van der Waals surface area contributed by atoms with Crippen molar-refractivity contribution in [2.45, 2.75) is 12.8 Å². The molecule has 0 aliphatic carbocycles. The van der Waals surface area contributed by atoms with Crippen LogP contribution in [0, 0.1) is 0 Å². The van der Waals surface area contributed by atoms with Crippen molar-refractivity contribution >= 4 is 0 Å². The van der Waals surface area contributed by atoms with Crippen LogP contribution in [0.5, 0.6) is 0 Å². The lowest BCUT2D eigenvalue weighted by Crippen LogP contribution is -1.89. The van der Waals surface area contributed by atoms with Gasteiger partial charge in [0.1, 0.15) is 6.61 Å². The first-order valence-electron chi connectivity index (χ1n) is 4.68. The summed E-state index contributed by atoms with van der Waals surface area (Å²) in [7, 11) is 0. The third kappa shape index (κ3) is 24.5. The summed E-state index contributed by atoms with van der Waals surface area (Å²) in [5, 5.41) is 16.3. The molecule has 0 bridgehead atoms. The van der Waals surface area contributed by atoms with Crippen molar-refractivity contribution < 1.29 is 19.7 Å². The molecule has 0 radical (unpaired) electrons. The molecule has 0 atom stereocenters. The Hall–Kier alpha value is -1.42. The lowest BCUT2D eigenvalue weighted by Gasteiger charge is -1.95. The van der Waals surface area contributed by atoms with E-state index < -0.39 is 0 Å². The molecule has 0 aromatic carbocycles. The van der Waals surface area contributed by atoms with Crippen LogP contribution in [-0.2, 0) is 9.47 Å². The van der Waals surface area contributed by atoms with Crippen LogP contribution in [-0.4, -0.2) is 30.0 Å². The number of hydrogen-bond donors (Lipinski definition) is 2. The minimum absolute atomic E-state index is 0.250. The van der Waals surface area contributed by atoms with Crippen LogP contribution < -0.4 is 0 Å². The van der Waals surface area contributed by atoms with Crippen LogP contribution in [0.4, 0.5) is 0 Å². The van der Waals surface area contributed by atoms with Crippen molar-refractivity contribution in [1.82, 2.24) is 0 Å². The Kier molecular flexibility index (Phi) is 19.6. The summed E-state index contributed by atoms with van der Waals surface area (Å²) in [6.07, 6.45) is 6.86. The summed E-state index contributed by atoms with van der Waals surface area (Å²) in [4.78, 5) is 0. The minimum atomic E-state index is 0.250. The van der Waals surface area contributed by atoms with Crippen molar-refractivity contribution in [3.8, 4) is 0 Å². The molecule has 0 saturated heterocycles. The molecule has 0 spiro atoms. The van der Waals surface area contributed by atoms with Crippen LogP contribution >= 0.6 is 0 Å². The third-order valence-corrected chi connectivity index (χ3v) is 1.20. The second-order valence-corrected chi connectivity index (χ2v) is 2.35. The first-order chi connectivity index (χ1) is 7.33. The van der Waals surface area contributed by atoms with Gasteiger partial charge in [-0.05, 0) is 18.9 Å². The monoisotopic (exact) mass is 216 g/mol. The molecule has 0 rings (SSSR count). The molecule has 0 aliphatic rings. The van der Waals surface area contributed by atoms with Crippen molar-refractivity contribution in [1.29, 1.82) is 0 Å². The molecule has 0 aliphatic heterocycles. The largest absolute Gasteiger partial charge is 0.516 e. The molecule has 2 N–H and O–H groups in total. The molecular formula is C11H20O4. The summed E-state index contributed by atoms with van der Waals surface area (Å²) < 4.78 is 9.38. The summed E-state index contributed by atoms with van der Waals surface area (Å²) in [6, 6.07) is 0. The van der Waals surface area contributed by atoms with E-state index in [-0.39, 0.29) is 6.61 Å². The van der Waals surface area contributed by atoms with Gasteiger partial charge in [0.15, 0.2) is 0 Å². The quantitative estimate of drug-likeness (QED) is 0.482. The van der Waals surface area contributed by atoms with E-state index in [1.807, 2.05) is 0 Å². The SMILES string of the molecule is C=COCC=CO.C=COCCCCO. The van der Waals surface area contributed by atoms with Gasteiger partial charge in [-0.25, -0.2) is 0 Å². The van der Waals surface area contributed by atoms with Crippen molar-refractivity contribution in [3.05, 3.63) is 38.0 Å². The average molecular weight is 216 g/mol. The zero-order valence-corrected chi connectivity index (χ0v) is 8.97. The smallest absolute Gasteiger partial charge is 0.109 e. The Balaban J connectivity index is 0. The first-order valence-corrected chi connectivity index (χ1v) is 4.68. The Morgan fingerprint density at radius 3 is 2.20 bits per heavy atom. The summed E-state index contributed by atoms with van der Waals surface area (Å²) in [5.74, 6) is 0. The normalized spacial score (nSPS) is 8.87. The van der Waals surface area contributed by atoms with Gasteiger partial charge in [0, 0.05) is 6.61 Å². The first kappa shape index (κ1) is 16.0. The fourth-order valence-corrected chi connectivity index (χ4v) is 0.547. The molecule has 0 unspecified atom stereocenters. The fraction of sp³-hybridized carbons (Fsp3) is 0.455. The van der Waals surface area contributed by atoms with E-state index >= 15 is 0 Å². The van der Waals surface area contributed by atoms with Gasteiger partial charge in [-0.1, -0.05) is 13.2 Å². The van der Waals surface area contributed by atoms with Crippen LogP contribution in [0.15, 0.2) is 38.0 Å². The number of hydrogen-bond acceptors (Lipinski definition) is 4. The Morgan fingerprint density at radius 1 is 1.07 bits per heavy atom. The lowest BCUT2D eigenvalue weighted by molar-refractivity contribution is 0.220. The van der Waals surface area contributed by atoms with Crippen LogP contribution in [0.3, 0.4) is 0 Å². The number of aliphatic hydroxyl groups is 2. The Bertz CT molecular complexity index is 155. The predicted molar refractivity (Wildman–Crippen MR) is 60.4 cm³/mol. The molecule has 0 aromatic rings. The van der Waals surface area contributed by atoms with Gasteiger partial charge in [0.05, 0.1) is 25.4 Å². The van der Waals surface area contributed by atoms with Crippen LogP contribution in [0.25, 0.3) is 0 Å². The maximum absolute atomic E-state index is 8.28. The van der Waals surface area contributed by atoms with E-state index in [4.69, 9.17) is 14.9 Å².